The van der Waals surface area contributed by atoms with E-state index in [1.807, 2.05) is 0 Å². The number of rotatable bonds is 3. The molecule has 0 fully saturated rings. The second kappa shape index (κ2) is 5.48. The number of benzene rings is 1. The van der Waals surface area contributed by atoms with Crippen LogP contribution in [0.25, 0.3) is 0 Å². The van der Waals surface area contributed by atoms with E-state index in [1.165, 1.54) is 24.1 Å². The number of hydrogen-bond donors (Lipinski definition) is 2. The molecule has 0 amide bonds. The molecule has 0 aliphatic carbocycles. The van der Waals surface area contributed by atoms with E-state index in [0.29, 0.717) is 17.9 Å². The van der Waals surface area contributed by atoms with Crippen molar-refractivity contribution >= 4 is 29.3 Å². The summed E-state index contributed by atoms with van der Waals surface area (Å²) >= 11 is 1.24. The van der Waals surface area contributed by atoms with E-state index in [2.05, 4.69) is 35.8 Å². The smallest absolute Gasteiger partial charge is 0.270 e. The van der Waals surface area contributed by atoms with E-state index in [1.54, 1.807) is 6.07 Å². The standard InChI is InChI=1S/C12H16N4O2S/c1-7(2)8(3)13-12-14-10-5-4-9(16(17)18)6-11(10)19-15-12/h4-8H,1-3H3,(H2,13,14,15). The fraction of sp³-hybridized carbons (Fsp3) is 0.417. The fourth-order valence-electron chi connectivity index (χ4n) is 1.49. The summed E-state index contributed by atoms with van der Waals surface area (Å²) in [5, 5.41) is 17.1. The lowest BCUT2D eigenvalue weighted by Crippen LogP contribution is -2.40. The van der Waals surface area contributed by atoms with E-state index >= 15 is 0 Å². The van der Waals surface area contributed by atoms with Crippen LogP contribution in [0.1, 0.15) is 20.8 Å². The first-order valence-electron chi connectivity index (χ1n) is 6.04. The number of fused-ring (bicyclic) bond motifs is 1. The van der Waals surface area contributed by atoms with Crippen LogP contribution in [0.3, 0.4) is 0 Å². The summed E-state index contributed by atoms with van der Waals surface area (Å²) in [5.41, 5.74) is 0.916. The lowest BCUT2D eigenvalue weighted by Gasteiger charge is -2.23. The van der Waals surface area contributed by atoms with Crippen LogP contribution < -0.4 is 10.6 Å². The first kappa shape index (κ1) is 13.7. The third kappa shape index (κ3) is 3.17. The van der Waals surface area contributed by atoms with Gasteiger partial charge in [0.2, 0.25) is 5.96 Å². The topological polar surface area (TPSA) is 79.6 Å². The van der Waals surface area contributed by atoms with Gasteiger partial charge in [0.1, 0.15) is 0 Å². The van der Waals surface area contributed by atoms with Crippen LogP contribution in [0.2, 0.25) is 0 Å². The fourth-order valence-corrected chi connectivity index (χ4v) is 2.17. The number of nitrogens with zero attached hydrogens (tertiary/aromatic N) is 2. The molecule has 0 radical (unpaired) electrons. The maximum atomic E-state index is 10.7. The van der Waals surface area contributed by atoms with Gasteiger partial charge in [-0.05, 0) is 18.9 Å². The van der Waals surface area contributed by atoms with E-state index < -0.39 is 4.92 Å². The summed E-state index contributed by atoms with van der Waals surface area (Å²) in [7, 11) is 0. The van der Waals surface area contributed by atoms with Crippen molar-refractivity contribution in [1.29, 1.82) is 0 Å². The molecular formula is C12H16N4O2S. The predicted octanol–water partition coefficient (Wildman–Crippen LogP) is 3.02. The van der Waals surface area contributed by atoms with Crippen molar-refractivity contribution in [2.45, 2.75) is 31.7 Å². The summed E-state index contributed by atoms with van der Waals surface area (Å²) in [6.07, 6.45) is 0. The van der Waals surface area contributed by atoms with Crippen molar-refractivity contribution < 1.29 is 4.92 Å². The van der Waals surface area contributed by atoms with Gasteiger partial charge in [-0.1, -0.05) is 13.8 Å². The first-order valence-corrected chi connectivity index (χ1v) is 6.81. The average Bonchev–Trinajstić information content (AvgIpc) is 2.37. The van der Waals surface area contributed by atoms with Crippen molar-refractivity contribution in [2.24, 2.45) is 10.3 Å². The zero-order valence-corrected chi connectivity index (χ0v) is 11.8. The number of guanidine groups is 1. The maximum absolute atomic E-state index is 10.7. The molecule has 6 nitrogen and oxygen atoms in total. The molecule has 0 aromatic heterocycles. The Morgan fingerprint density at radius 1 is 1.42 bits per heavy atom. The minimum absolute atomic E-state index is 0.0789. The van der Waals surface area contributed by atoms with Gasteiger partial charge < -0.3 is 10.6 Å². The minimum atomic E-state index is -0.404. The Labute approximate surface area is 116 Å². The largest absolute Gasteiger partial charge is 0.353 e. The number of hydrogen-bond acceptors (Lipinski definition) is 6. The Hall–Kier alpha value is -1.76. The molecule has 1 heterocycles. The number of non-ortho nitro benzene ring substituents is 1. The van der Waals surface area contributed by atoms with Crippen molar-refractivity contribution in [1.82, 2.24) is 5.32 Å². The molecule has 0 saturated heterocycles. The molecule has 2 N–H and O–H groups in total. The van der Waals surface area contributed by atoms with Crippen molar-refractivity contribution in [3.8, 4) is 0 Å². The molecule has 7 heteroatoms. The molecule has 0 saturated carbocycles. The Morgan fingerprint density at radius 3 is 2.79 bits per heavy atom. The lowest BCUT2D eigenvalue weighted by molar-refractivity contribution is -0.385. The quantitative estimate of drug-likeness (QED) is 0.505. The zero-order valence-electron chi connectivity index (χ0n) is 11.0. The van der Waals surface area contributed by atoms with Crippen LogP contribution in [-0.4, -0.2) is 16.9 Å². The van der Waals surface area contributed by atoms with Gasteiger partial charge in [-0.25, -0.2) is 0 Å². The molecule has 1 aromatic rings. The van der Waals surface area contributed by atoms with Gasteiger partial charge >= 0.3 is 0 Å². The Bertz CT molecular complexity index is 530. The highest BCUT2D eigenvalue weighted by molar-refractivity contribution is 7.98. The summed E-state index contributed by atoms with van der Waals surface area (Å²) in [5.74, 6) is 1.18. The highest BCUT2D eigenvalue weighted by Gasteiger charge is 2.18. The summed E-state index contributed by atoms with van der Waals surface area (Å²) < 4.78 is 4.28. The molecule has 1 aliphatic rings. The zero-order chi connectivity index (χ0) is 14.0. The van der Waals surface area contributed by atoms with Crippen LogP contribution >= 0.6 is 11.9 Å². The van der Waals surface area contributed by atoms with E-state index in [4.69, 9.17) is 0 Å². The van der Waals surface area contributed by atoms with E-state index in [0.717, 1.165) is 10.6 Å². The molecule has 2 rings (SSSR count). The van der Waals surface area contributed by atoms with Gasteiger partial charge in [0.05, 0.1) is 15.5 Å². The van der Waals surface area contributed by atoms with Gasteiger partial charge in [-0.15, -0.1) is 0 Å². The van der Waals surface area contributed by atoms with Gasteiger partial charge in [0.25, 0.3) is 5.69 Å². The highest BCUT2D eigenvalue weighted by Crippen LogP contribution is 2.34. The third-order valence-corrected chi connectivity index (χ3v) is 3.84. The third-order valence-electron chi connectivity index (χ3n) is 3.03. The minimum Gasteiger partial charge on any atom is -0.353 e. The molecule has 0 bridgehead atoms. The van der Waals surface area contributed by atoms with Crippen molar-refractivity contribution in [3.05, 3.63) is 28.3 Å². The van der Waals surface area contributed by atoms with Gasteiger partial charge in [0, 0.05) is 30.1 Å². The maximum Gasteiger partial charge on any atom is 0.270 e. The average molecular weight is 280 g/mol. The van der Waals surface area contributed by atoms with Gasteiger partial charge in [-0.2, -0.15) is 4.40 Å². The molecular weight excluding hydrogens is 264 g/mol. The molecule has 1 aliphatic heterocycles. The lowest BCUT2D eigenvalue weighted by atomic mass is 10.1. The van der Waals surface area contributed by atoms with Gasteiger partial charge in [-0.3, -0.25) is 10.1 Å². The van der Waals surface area contributed by atoms with Crippen molar-refractivity contribution in [2.75, 3.05) is 5.32 Å². The second-order valence-electron chi connectivity index (χ2n) is 4.77. The van der Waals surface area contributed by atoms with E-state index in [-0.39, 0.29) is 5.69 Å². The Kier molecular flexibility index (Phi) is 3.94. The monoisotopic (exact) mass is 280 g/mol. The van der Waals surface area contributed by atoms with Crippen LogP contribution in [-0.2, 0) is 0 Å². The number of nitro benzene ring substituents is 1. The Balaban J connectivity index is 2.11. The number of nitrogens with one attached hydrogen (secondary N) is 2. The van der Waals surface area contributed by atoms with Gasteiger partial charge in [0.15, 0.2) is 0 Å². The van der Waals surface area contributed by atoms with Crippen molar-refractivity contribution in [3.63, 3.8) is 0 Å². The first-order chi connectivity index (χ1) is 8.97. The molecule has 1 atom stereocenters. The summed E-state index contributed by atoms with van der Waals surface area (Å²) in [4.78, 5) is 11.1. The van der Waals surface area contributed by atoms with Crippen LogP contribution in [0.4, 0.5) is 11.4 Å². The molecule has 0 spiro atoms. The second-order valence-corrected chi connectivity index (χ2v) is 5.58. The number of nitro groups is 1. The normalized spacial score (nSPS) is 15.3. The summed E-state index contributed by atoms with van der Waals surface area (Å²) in [6.45, 7) is 6.35. The molecule has 1 aromatic carbocycles. The Morgan fingerprint density at radius 2 is 2.16 bits per heavy atom. The highest BCUT2D eigenvalue weighted by atomic mass is 32.2. The van der Waals surface area contributed by atoms with Crippen LogP contribution in [0, 0.1) is 16.0 Å². The molecule has 102 valence electrons. The molecule has 19 heavy (non-hydrogen) atoms. The van der Waals surface area contributed by atoms with Crippen LogP contribution in [0.15, 0.2) is 27.5 Å². The predicted molar refractivity (Wildman–Crippen MR) is 77.4 cm³/mol. The number of anilines is 1. The SMILES string of the molecule is CC(C)C(C)NC1=NSc2cc([N+](=O)[O-])ccc2N1. The van der Waals surface area contributed by atoms with Crippen LogP contribution in [0.5, 0.6) is 0 Å². The van der Waals surface area contributed by atoms with E-state index in [9.17, 15) is 10.1 Å². The summed E-state index contributed by atoms with van der Waals surface area (Å²) in [6, 6.07) is 5.02. The molecule has 1 unspecified atom stereocenters.